The first-order valence-corrected chi connectivity index (χ1v) is 9.18. The number of hydrazone groups is 1. The number of para-hydroxylation sites is 2. The van der Waals surface area contributed by atoms with Crippen LogP contribution in [0.2, 0.25) is 0 Å². The van der Waals surface area contributed by atoms with Crippen LogP contribution in [-0.4, -0.2) is 27.0 Å². The van der Waals surface area contributed by atoms with Gasteiger partial charge in [-0.3, -0.25) is 14.3 Å². The highest BCUT2D eigenvalue weighted by atomic mass is 16.2. The van der Waals surface area contributed by atoms with Crippen molar-refractivity contribution in [3.63, 3.8) is 0 Å². The molecule has 146 valence electrons. The molecule has 1 aliphatic heterocycles. The van der Waals surface area contributed by atoms with Gasteiger partial charge in [-0.1, -0.05) is 36.4 Å². The third-order valence-corrected chi connectivity index (χ3v) is 4.89. The van der Waals surface area contributed by atoms with Gasteiger partial charge in [-0.2, -0.15) is 15.2 Å². The molecule has 8 heteroatoms. The van der Waals surface area contributed by atoms with Crippen LogP contribution >= 0.6 is 0 Å². The predicted molar refractivity (Wildman–Crippen MR) is 111 cm³/mol. The molecule has 0 aliphatic carbocycles. The Morgan fingerprint density at radius 2 is 1.48 bits per heavy atom. The van der Waals surface area contributed by atoms with E-state index >= 15 is 0 Å². The summed E-state index contributed by atoms with van der Waals surface area (Å²) in [6.07, 6.45) is 0. The summed E-state index contributed by atoms with van der Waals surface area (Å²) in [6, 6.07) is 17.6. The standard InChI is InChI=1S/C21H20N6O2/c1-14-18(20(28)26(24-14)16-10-6-4-7-11-16)22-23-19-15(2)25(3)27(21(19)29)17-12-8-5-9-13-17/h4-13,18H,1-3H3. The Hall–Kier alpha value is -3.81. The van der Waals surface area contributed by atoms with E-state index in [1.807, 2.05) is 48.5 Å². The summed E-state index contributed by atoms with van der Waals surface area (Å²) in [6.45, 7) is 3.52. The highest BCUT2D eigenvalue weighted by Crippen LogP contribution is 2.23. The molecule has 8 nitrogen and oxygen atoms in total. The number of nitrogens with zero attached hydrogens (tertiary/aromatic N) is 6. The van der Waals surface area contributed by atoms with Crippen molar-refractivity contribution in [2.45, 2.75) is 19.9 Å². The van der Waals surface area contributed by atoms with Crippen LogP contribution in [-0.2, 0) is 11.8 Å². The van der Waals surface area contributed by atoms with Crippen LogP contribution in [0.3, 0.4) is 0 Å². The zero-order chi connectivity index (χ0) is 20.5. The maximum absolute atomic E-state index is 12.9. The average Bonchev–Trinajstić information content (AvgIpc) is 3.14. The van der Waals surface area contributed by atoms with E-state index in [0.717, 1.165) is 5.69 Å². The van der Waals surface area contributed by atoms with Gasteiger partial charge in [0.05, 0.1) is 22.8 Å². The third kappa shape index (κ3) is 3.18. The van der Waals surface area contributed by atoms with Crippen LogP contribution in [0.25, 0.3) is 5.69 Å². The Labute approximate surface area is 167 Å². The number of benzene rings is 2. The number of amides is 1. The Morgan fingerprint density at radius 3 is 2.10 bits per heavy atom. The van der Waals surface area contributed by atoms with Crippen LogP contribution in [0, 0.1) is 6.92 Å². The fourth-order valence-electron chi connectivity index (χ4n) is 3.23. The van der Waals surface area contributed by atoms with Crippen LogP contribution in [0.5, 0.6) is 0 Å². The van der Waals surface area contributed by atoms with Gasteiger partial charge in [0.1, 0.15) is 0 Å². The first-order chi connectivity index (χ1) is 14.0. The number of carbonyl (C=O) groups is 1. The van der Waals surface area contributed by atoms with Gasteiger partial charge in [-0.25, -0.2) is 4.68 Å². The van der Waals surface area contributed by atoms with E-state index in [1.165, 1.54) is 9.69 Å². The topological polar surface area (TPSA) is 84.3 Å². The maximum atomic E-state index is 12.9. The van der Waals surface area contributed by atoms with Crippen molar-refractivity contribution < 1.29 is 4.79 Å². The highest BCUT2D eigenvalue weighted by molar-refractivity contribution is 6.18. The number of anilines is 1. The molecule has 0 saturated heterocycles. The molecule has 29 heavy (non-hydrogen) atoms. The lowest BCUT2D eigenvalue weighted by Gasteiger charge is -2.11. The van der Waals surface area contributed by atoms with Gasteiger partial charge in [0, 0.05) is 7.05 Å². The minimum absolute atomic E-state index is 0.204. The zero-order valence-electron chi connectivity index (χ0n) is 16.4. The summed E-state index contributed by atoms with van der Waals surface area (Å²) in [7, 11) is 1.79. The molecular weight excluding hydrogens is 368 g/mol. The summed E-state index contributed by atoms with van der Waals surface area (Å²) in [5.41, 5.74) is 2.49. The summed E-state index contributed by atoms with van der Waals surface area (Å²) < 4.78 is 3.25. The Bertz CT molecular complexity index is 1180. The highest BCUT2D eigenvalue weighted by Gasteiger charge is 2.34. The minimum Gasteiger partial charge on any atom is -0.283 e. The van der Waals surface area contributed by atoms with Crippen molar-refractivity contribution in [3.8, 4) is 5.69 Å². The lowest BCUT2D eigenvalue weighted by molar-refractivity contribution is -0.117. The second-order valence-electron chi connectivity index (χ2n) is 6.76. The van der Waals surface area contributed by atoms with Gasteiger partial charge >= 0.3 is 0 Å². The molecule has 0 radical (unpaired) electrons. The molecule has 1 unspecified atom stereocenters. The summed E-state index contributed by atoms with van der Waals surface area (Å²) in [4.78, 5) is 25.7. The summed E-state index contributed by atoms with van der Waals surface area (Å²) >= 11 is 0. The van der Waals surface area contributed by atoms with E-state index < -0.39 is 6.04 Å². The number of aromatic nitrogens is 2. The van der Waals surface area contributed by atoms with E-state index in [4.69, 9.17) is 0 Å². The number of azo groups is 1. The number of rotatable bonds is 4. The zero-order valence-corrected chi connectivity index (χ0v) is 16.4. The Balaban J connectivity index is 1.66. The Kier molecular flexibility index (Phi) is 4.67. The van der Waals surface area contributed by atoms with Crippen LogP contribution in [0.4, 0.5) is 11.4 Å². The summed E-state index contributed by atoms with van der Waals surface area (Å²) in [5.74, 6) is -0.297. The summed E-state index contributed by atoms with van der Waals surface area (Å²) in [5, 5.41) is 14.0. The number of hydrogen-bond donors (Lipinski definition) is 0. The van der Waals surface area contributed by atoms with E-state index in [0.29, 0.717) is 17.1 Å². The van der Waals surface area contributed by atoms with E-state index in [2.05, 4.69) is 15.3 Å². The SMILES string of the molecule is CC1=NN(c2ccccc2)C(=O)C1N=Nc1c(C)n(C)n(-c2ccccc2)c1=O. The fourth-order valence-corrected chi connectivity index (χ4v) is 3.23. The maximum Gasteiger partial charge on any atom is 0.299 e. The van der Waals surface area contributed by atoms with Crippen molar-refractivity contribution in [1.82, 2.24) is 9.36 Å². The molecule has 1 atom stereocenters. The molecule has 1 aromatic heterocycles. The predicted octanol–water partition coefficient (Wildman–Crippen LogP) is 3.36. The van der Waals surface area contributed by atoms with Crippen molar-refractivity contribution in [3.05, 3.63) is 76.7 Å². The molecule has 0 bridgehead atoms. The van der Waals surface area contributed by atoms with Gasteiger partial charge in [-0.05, 0) is 38.1 Å². The average molecular weight is 388 g/mol. The van der Waals surface area contributed by atoms with Crippen LogP contribution in [0.1, 0.15) is 12.6 Å². The number of carbonyl (C=O) groups excluding carboxylic acids is 1. The lowest BCUT2D eigenvalue weighted by atomic mass is 10.2. The van der Waals surface area contributed by atoms with Gasteiger partial charge < -0.3 is 0 Å². The van der Waals surface area contributed by atoms with Crippen molar-refractivity contribution in [2.24, 2.45) is 22.4 Å². The first kappa shape index (κ1) is 18.5. The second kappa shape index (κ2) is 7.31. The van der Waals surface area contributed by atoms with Crippen molar-refractivity contribution in [1.29, 1.82) is 0 Å². The molecule has 2 aromatic carbocycles. The molecule has 0 saturated carbocycles. The fraction of sp³-hybridized carbons (Fsp3) is 0.190. The van der Waals surface area contributed by atoms with Crippen LogP contribution < -0.4 is 10.6 Å². The lowest BCUT2D eigenvalue weighted by Crippen LogP contribution is -2.29. The smallest absolute Gasteiger partial charge is 0.283 e. The van der Waals surface area contributed by atoms with E-state index in [9.17, 15) is 9.59 Å². The molecule has 0 N–H and O–H groups in total. The van der Waals surface area contributed by atoms with Gasteiger partial charge in [0.25, 0.3) is 11.5 Å². The van der Waals surface area contributed by atoms with E-state index in [-0.39, 0.29) is 17.2 Å². The molecular formula is C21H20N6O2. The van der Waals surface area contributed by atoms with Gasteiger partial charge in [-0.15, -0.1) is 5.11 Å². The van der Waals surface area contributed by atoms with Crippen molar-refractivity contribution >= 4 is 23.0 Å². The monoisotopic (exact) mass is 388 g/mol. The molecule has 1 aliphatic rings. The molecule has 4 rings (SSSR count). The van der Waals surface area contributed by atoms with Gasteiger partial charge in [0.2, 0.25) is 0 Å². The second-order valence-corrected chi connectivity index (χ2v) is 6.76. The van der Waals surface area contributed by atoms with Gasteiger partial charge in [0.15, 0.2) is 11.7 Å². The van der Waals surface area contributed by atoms with Crippen LogP contribution in [0.15, 0.2) is 80.8 Å². The third-order valence-electron chi connectivity index (χ3n) is 4.89. The minimum atomic E-state index is -0.848. The molecule has 0 fully saturated rings. The Morgan fingerprint density at radius 1 is 0.897 bits per heavy atom. The quantitative estimate of drug-likeness (QED) is 0.642. The first-order valence-electron chi connectivity index (χ1n) is 9.18. The number of hydrogen-bond acceptors (Lipinski definition) is 5. The normalized spacial score (nSPS) is 16.7. The largest absolute Gasteiger partial charge is 0.299 e. The molecule has 1 amide bonds. The molecule has 3 aromatic rings. The molecule has 0 spiro atoms. The molecule has 2 heterocycles. The van der Waals surface area contributed by atoms with E-state index in [1.54, 1.807) is 37.7 Å². The van der Waals surface area contributed by atoms with Crippen molar-refractivity contribution in [2.75, 3.05) is 5.01 Å².